The van der Waals surface area contributed by atoms with E-state index >= 15 is 0 Å². The van der Waals surface area contributed by atoms with Crippen LogP contribution in [0.3, 0.4) is 0 Å². The Bertz CT molecular complexity index is 617. The summed E-state index contributed by atoms with van der Waals surface area (Å²) in [6, 6.07) is 6.31. The fourth-order valence-corrected chi connectivity index (χ4v) is 3.46. The molecule has 1 aliphatic heterocycles. The van der Waals surface area contributed by atoms with Crippen LogP contribution in [0, 0.1) is 25.2 Å². The van der Waals surface area contributed by atoms with Crippen molar-refractivity contribution in [3.8, 4) is 0 Å². The molecule has 2 heteroatoms. The Kier molecular flexibility index (Phi) is 3.43. The van der Waals surface area contributed by atoms with Gasteiger partial charge in [0.1, 0.15) is 5.76 Å². The van der Waals surface area contributed by atoms with E-state index < -0.39 is 0 Å². The summed E-state index contributed by atoms with van der Waals surface area (Å²) in [6.07, 6.45) is 3.47. The van der Waals surface area contributed by atoms with E-state index in [2.05, 4.69) is 52.8 Å². The number of aryl methyl sites for hydroxylation is 2. The van der Waals surface area contributed by atoms with Crippen LogP contribution in [0.4, 0.5) is 5.69 Å². The van der Waals surface area contributed by atoms with Crippen LogP contribution in [0.1, 0.15) is 51.2 Å². The van der Waals surface area contributed by atoms with Crippen molar-refractivity contribution in [2.24, 2.45) is 16.3 Å². The molecule has 21 heavy (non-hydrogen) atoms. The molecule has 0 spiro atoms. The van der Waals surface area contributed by atoms with Crippen molar-refractivity contribution in [2.45, 2.75) is 53.9 Å². The fourth-order valence-electron chi connectivity index (χ4n) is 3.46. The largest absolute Gasteiger partial charge is 0.446 e. The van der Waals surface area contributed by atoms with Crippen molar-refractivity contribution in [1.29, 1.82) is 0 Å². The van der Waals surface area contributed by atoms with E-state index in [0.717, 1.165) is 30.3 Å². The Labute approximate surface area is 127 Å². The Balaban J connectivity index is 2.00. The van der Waals surface area contributed by atoms with Crippen LogP contribution < -0.4 is 0 Å². The highest BCUT2D eigenvalue weighted by Crippen LogP contribution is 2.47. The first-order chi connectivity index (χ1) is 9.89. The SMILES string of the molecule is Cc1cccc(C)c1N=C1OC2=C(CC[C@@H](C)C2)C1(C)C. The second-order valence-electron chi connectivity index (χ2n) is 7.13. The summed E-state index contributed by atoms with van der Waals surface area (Å²) in [5, 5.41) is 0. The predicted molar refractivity (Wildman–Crippen MR) is 87.9 cm³/mol. The first-order valence-corrected chi connectivity index (χ1v) is 7.95. The van der Waals surface area contributed by atoms with E-state index in [1.807, 2.05) is 0 Å². The van der Waals surface area contributed by atoms with E-state index in [9.17, 15) is 0 Å². The number of nitrogens with zero attached hydrogens (tertiary/aromatic N) is 1. The molecule has 1 aromatic rings. The molecule has 0 saturated heterocycles. The molecule has 1 aliphatic carbocycles. The molecule has 0 saturated carbocycles. The maximum atomic E-state index is 6.19. The predicted octanol–water partition coefficient (Wildman–Crippen LogP) is 5.46. The van der Waals surface area contributed by atoms with E-state index in [4.69, 9.17) is 9.73 Å². The van der Waals surface area contributed by atoms with Crippen molar-refractivity contribution < 1.29 is 4.74 Å². The Morgan fingerprint density at radius 3 is 2.52 bits per heavy atom. The summed E-state index contributed by atoms with van der Waals surface area (Å²) < 4.78 is 6.19. The van der Waals surface area contributed by atoms with Gasteiger partial charge in [0.25, 0.3) is 0 Å². The van der Waals surface area contributed by atoms with Crippen LogP contribution in [0.15, 0.2) is 34.5 Å². The first-order valence-electron chi connectivity index (χ1n) is 7.95. The van der Waals surface area contributed by atoms with Crippen molar-refractivity contribution in [1.82, 2.24) is 0 Å². The van der Waals surface area contributed by atoms with E-state index in [-0.39, 0.29) is 5.41 Å². The quantitative estimate of drug-likeness (QED) is 0.670. The van der Waals surface area contributed by atoms with Crippen LogP contribution in [0.2, 0.25) is 0 Å². The minimum atomic E-state index is -0.0653. The monoisotopic (exact) mass is 283 g/mol. The topological polar surface area (TPSA) is 21.6 Å². The standard InChI is InChI=1S/C19H25NO/c1-12-9-10-15-16(11-12)21-18(19(15,4)5)20-17-13(2)7-6-8-14(17)3/h6-8,12H,9-11H2,1-5H3/t12-/m1/s1. The molecule has 1 aromatic carbocycles. The van der Waals surface area contributed by atoms with E-state index in [1.165, 1.54) is 28.9 Å². The van der Waals surface area contributed by atoms with Gasteiger partial charge in [0.15, 0.2) is 0 Å². The molecule has 2 nitrogen and oxygen atoms in total. The molecule has 112 valence electrons. The minimum absolute atomic E-state index is 0.0653. The van der Waals surface area contributed by atoms with Crippen molar-refractivity contribution in [3.05, 3.63) is 40.7 Å². The molecule has 2 aliphatic rings. The number of ether oxygens (including phenoxy) is 1. The molecule has 0 amide bonds. The third-order valence-corrected chi connectivity index (χ3v) is 4.92. The van der Waals surface area contributed by atoms with Gasteiger partial charge in [-0.15, -0.1) is 0 Å². The number of para-hydroxylation sites is 1. The lowest BCUT2D eigenvalue weighted by atomic mass is 9.77. The summed E-state index contributed by atoms with van der Waals surface area (Å²) >= 11 is 0. The lowest BCUT2D eigenvalue weighted by molar-refractivity contribution is 0.347. The van der Waals surface area contributed by atoms with Crippen LogP contribution in [0.5, 0.6) is 0 Å². The zero-order valence-electron chi connectivity index (χ0n) is 13.8. The maximum absolute atomic E-state index is 6.19. The third-order valence-electron chi connectivity index (χ3n) is 4.92. The van der Waals surface area contributed by atoms with Crippen LogP contribution in [-0.4, -0.2) is 5.90 Å². The van der Waals surface area contributed by atoms with Crippen molar-refractivity contribution in [2.75, 3.05) is 0 Å². The number of allylic oxidation sites excluding steroid dienone is 1. The van der Waals surface area contributed by atoms with Gasteiger partial charge < -0.3 is 4.74 Å². The van der Waals surface area contributed by atoms with Gasteiger partial charge in [-0.1, -0.05) is 25.1 Å². The fraction of sp³-hybridized carbons (Fsp3) is 0.526. The highest BCUT2D eigenvalue weighted by atomic mass is 16.5. The zero-order valence-corrected chi connectivity index (χ0v) is 13.8. The minimum Gasteiger partial charge on any atom is -0.446 e. The summed E-state index contributed by atoms with van der Waals surface area (Å²) in [4.78, 5) is 4.91. The molecule has 3 rings (SSSR count). The van der Waals surface area contributed by atoms with Gasteiger partial charge >= 0.3 is 0 Å². The summed E-state index contributed by atoms with van der Waals surface area (Å²) in [6.45, 7) is 11.0. The molecule has 1 heterocycles. The number of hydrogen-bond acceptors (Lipinski definition) is 2. The lowest BCUT2D eigenvalue weighted by Gasteiger charge is -2.24. The van der Waals surface area contributed by atoms with Gasteiger partial charge in [0, 0.05) is 6.42 Å². The van der Waals surface area contributed by atoms with Gasteiger partial charge in [-0.2, -0.15) is 0 Å². The smallest absolute Gasteiger partial charge is 0.204 e. The Morgan fingerprint density at radius 1 is 1.19 bits per heavy atom. The molecule has 0 radical (unpaired) electrons. The molecule has 0 unspecified atom stereocenters. The molecular weight excluding hydrogens is 258 g/mol. The molecule has 0 N–H and O–H groups in total. The number of aliphatic imine (C=N–C) groups is 1. The molecule has 1 atom stereocenters. The van der Waals surface area contributed by atoms with Crippen molar-refractivity contribution in [3.63, 3.8) is 0 Å². The Hall–Kier alpha value is -1.57. The number of hydrogen-bond donors (Lipinski definition) is 0. The van der Waals surface area contributed by atoms with E-state index in [0.29, 0.717) is 0 Å². The summed E-state index contributed by atoms with van der Waals surface area (Å²) in [5.74, 6) is 2.78. The van der Waals surface area contributed by atoms with Gasteiger partial charge in [0.2, 0.25) is 5.90 Å². The van der Waals surface area contributed by atoms with Gasteiger partial charge in [-0.3, -0.25) is 0 Å². The molecule has 0 fully saturated rings. The van der Waals surface area contributed by atoms with Gasteiger partial charge in [0.05, 0.1) is 11.1 Å². The highest BCUT2D eigenvalue weighted by molar-refractivity contribution is 5.91. The normalized spacial score (nSPS) is 26.0. The molecule has 0 bridgehead atoms. The average molecular weight is 283 g/mol. The number of benzene rings is 1. The van der Waals surface area contributed by atoms with Crippen LogP contribution in [-0.2, 0) is 4.74 Å². The second-order valence-corrected chi connectivity index (χ2v) is 7.13. The maximum Gasteiger partial charge on any atom is 0.204 e. The summed E-state index contributed by atoms with van der Waals surface area (Å²) in [7, 11) is 0. The van der Waals surface area contributed by atoms with Crippen LogP contribution in [0.25, 0.3) is 0 Å². The second kappa shape index (κ2) is 5.01. The lowest BCUT2D eigenvalue weighted by Crippen LogP contribution is -2.22. The van der Waals surface area contributed by atoms with Gasteiger partial charge in [-0.25, -0.2) is 4.99 Å². The van der Waals surface area contributed by atoms with Crippen molar-refractivity contribution >= 4 is 11.6 Å². The third kappa shape index (κ3) is 2.41. The summed E-state index contributed by atoms with van der Waals surface area (Å²) in [5.41, 5.74) is 4.88. The molecular formula is C19H25NO. The first kappa shape index (κ1) is 14.4. The highest BCUT2D eigenvalue weighted by Gasteiger charge is 2.42. The average Bonchev–Trinajstić information content (AvgIpc) is 2.65. The Morgan fingerprint density at radius 2 is 1.86 bits per heavy atom. The van der Waals surface area contributed by atoms with Crippen LogP contribution >= 0.6 is 0 Å². The van der Waals surface area contributed by atoms with E-state index in [1.54, 1.807) is 0 Å². The van der Waals surface area contributed by atoms with Gasteiger partial charge in [-0.05, 0) is 63.2 Å². The zero-order chi connectivity index (χ0) is 15.2. The number of rotatable bonds is 1. The molecule has 0 aromatic heterocycles.